The van der Waals surface area contributed by atoms with Crippen molar-refractivity contribution in [3.05, 3.63) is 59.7 Å². The Morgan fingerprint density at radius 1 is 1.17 bits per heavy atom. The summed E-state index contributed by atoms with van der Waals surface area (Å²) in [6, 6.07) is 13.5. The molecule has 0 fully saturated rings. The van der Waals surface area contributed by atoms with Gasteiger partial charge in [0.15, 0.2) is 0 Å². The van der Waals surface area contributed by atoms with Crippen LogP contribution in [0, 0.1) is 0 Å². The van der Waals surface area contributed by atoms with E-state index < -0.39 is 5.91 Å². The first-order chi connectivity index (χ1) is 8.66. The van der Waals surface area contributed by atoms with Crippen molar-refractivity contribution in [2.45, 2.75) is 6.61 Å². The van der Waals surface area contributed by atoms with Crippen molar-refractivity contribution in [3.8, 4) is 11.5 Å². The van der Waals surface area contributed by atoms with Crippen molar-refractivity contribution < 1.29 is 14.6 Å². The first kappa shape index (κ1) is 12.0. The number of phenolic OH excluding ortho intramolecular Hbond substituents is 1. The molecule has 0 saturated carbocycles. The highest BCUT2D eigenvalue weighted by Gasteiger charge is 2.07. The van der Waals surface area contributed by atoms with Gasteiger partial charge >= 0.3 is 0 Å². The predicted molar refractivity (Wildman–Crippen MR) is 67.4 cm³/mol. The standard InChI is InChI=1S/C14H13NO3/c15-14(17)13-7-2-1-4-10(13)9-18-12-6-3-5-11(16)8-12/h1-8,16H,9H2,(H2,15,17). The van der Waals surface area contributed by atoms with Gasteiger partial charge in [-0.15, -0.1) is 0 Å². The van der Waals surface area contributed by atoms with E-state index in [9.17, 15) is 9.90 Å². The molecular formula is C14H13NO3. The summed E-state index contributed by atoms with van der Waals surface area (Å²) in [6.45, 7) is 0.225. The van der Waals surface area contributed by atoms with E-state index in [1.807, 2.05) is 6.07 Å². The predicted octanol–water partition coefficient (Wildman–Crippen LogP) is 2.07. The van der Waals surface area contributed by atoms with Crippen LogP contribution in [0.1, 0.15) is 15.9 Å². The SMILES string of the molecule is NC(=O)c1ccccc1COc1cccc(O)c1. The zero-order valence-corrected chi connectivity index (χ0v) is 9.67. The maximum atomic E-state index is 11.2. The van der Waals surface area contributed by atoms with Crippen LogP contribution in [0.4, 0.5) is 0 Å². The second kappa shape index (κ2) is 5.23. The number of ether oxygens (including phenoxy) is 1. The van der Waals surface area contributed by atoms with E-state index in [0.29, 0.717) is 16.9 Å². The highest BCUT2D eigenvalue weighted by atomic mass is 16.5. The first-order valence-electron chi connectivity index (χ1n) is 5.46. The Morgan fingerprint density at radius 2 is 1.94 bits per heavy atom. The molecule has 2 aromatic carbocycles. The molecule has 0 saturated heterocycles. The van der Waals surface area contributed by atoms with Gasteiger partial charge in [0.25, 0.3) is 0 Å². The summed E-state index contributed by atoms with van der Waals surface area (Å²) in [6.07, 6.45) is 0. The number of hydrogen-bond acceptors (Lipinski definition) is 3. The van der Waals surface area contributed by atoms with Crippen molar-refractivity contribution in [1.29, 1.82) is 0 Å². The number of hydrogen-bond donors (Lipinski definition) is 2. The van der Waals surface area contributed by atoms with Crippen molar-refractivity contribution >= 4 is 5.91 Å². The molecule has 2 rings (SSSR count). The fraction of sp³-hybridized carbons (Fsp3) is 0.0714. The molecule has 2 aromatic rings. The van der Waals surface area contributed by atoms with Crippen LogP contribution in [-0.2, 0) is 6.61 Å². The van der Waals surface area contributed by atoms with Crippen LogP contribution in [0.25, 0.3) is 0 Å². The fourth-order valence-corrected chi connectivity index (χ4v) is 1.62. The normalized spacial score (nSPS) is 10.0. The third-order valence-electron chi connectivity index (χ3n) is 2.49. The number of benzene rings is 2. The van der Waals surface area contributed by atoms with Gasteiger partial charge < -0.3 is 15.6 Å². The molecule has 0 unspecified atom stereocenters. The minimum atomic E-state index is -0.481. The molecule has 4 heteroatoms. The zero-order chi connectivity index (χ0) is 13.0. The molecule has 3 N–H and O–H groups in total. The maximum absolute atomic E-state index is 11.2. The Kier molecular flexibility index (Phi) is 3.48. The van der Waals surface area contributed by atoms with Crippen LogP contribution in [0.3, 0.4) is 0 Å². The topological polar surface area (TPSA) is 72.6 Å². The molecule has 0 atom stereocenters. The van der Waals surface area contributed by atoms with E-state index >= 15 is 0 Å². The lowest BCUT2D eigenvalue weighted by Gasteiger charge is -2.09. The Morgan fingerprint density at radius 3 is 2.67 bits per heavy atom. The van der Waals surface area contributed by atoms with Gasteiger partial charge in [0.1, 0.15) is 18.1 Å². The number of amides is 1. The molecule has 92 valence electrons. The van der Waals surface area contributed by atoms with Crippen LogP contribution < -0.4 is 10.5 Å². The van der Waals surface area contributed by atoms with Gasteiger partial charge in [-0.3, -0.25) is 4.79 Å². The average Bonchev–Trinajstić information content (AvgIpc) is 2.37. The number of rotatable bonds is 4. The minimum Gasteiger partial charge on any atom is -0.508 e. The maximum Gasteiger partial charge on any atom is 0.249 e. The van der Waals surface area contributed by atoms with Crippen molar-refractivity contribution in [2.24, 2.45) is 5.73 Å². The van der Waals surface area contributed by atoms with Gasteiger partial charge in [-0.1, -0.05) is 24.3 Å². The molecule has 0 bridgehead atoms. The number of phenols is 1. The average molecular weight is 243 g/mol. The third-order valence-corrected chi connectivity index (χ3v) is 2.49. The van der Waals surface area contributed by atoms with E-state index in [1.54, 1.807) is 36.4 Å². The lowest BCUT2D eigenvalue weighted by molar-refractivity contribution is 0.0998. The molecule has 4 nitrogen and oxygen atoms in total. The molecule has 0 aliphatic rings. The molecule has 0 aliphatic carbocycles. The summed E-state index contributed by atoms with van der Waals surface area (Å²) in [5.74, 6) is 0.190. The molecule has 0 heterocycles. The van der Waals surface area contributed by atoms with Crippen LogP contribution in [0.5, 0.6) is 11.5 Å². The summed E-state index contributed by atoms with van der Waals surface area (Å²) in [5, 5.41) is 9.30. The summed E-state index contributed by atoms with van der Waals surface area (Å²) < 4.78 is 5.50. The van der Waals surface area contributed by atoms with E-state index in [-0.39, 0.29) is 12.4 Å². The number of primary amides is 1. The van der Waals surface area contributed by atoms with Gasteiger partial charge in [-0.05, 0) is 18.2 Å². The monoisotopic (exact) mass is 243 g/mol. The van der Waals surface area contributed by atoms with E-state index in [1.165, 1.54) is 6.07 Å². The molecular weight excluding hydrogens is 230 g/mol. The third kappa shape index (κ3) is 2.79. The van der Waals surface area contributed by atoms with Gasteiger partial charge in [-0.25, -0.2) is 0 Å². The lowest BCUT2D eigenvalue weighted by atomic mass is 10.1. The van der Waals surface area contributed by atoms with Crippen LogP contribution >= 0.6 is 0 Å². The fourth-order valence-electron chi connectivity index (χ4n) is 1.62. The van der Waals surface area contributed by atoms with Crippen LogP contribution in [-0.4, -0.2) is 11.0 Å². The zero-order valence-electron chi connectivity index (χ0n) is 9.67. The van der Waals surface area contributed by atoms with E-state index in [2.05, 4.69) is 0 Å². The molecule has 0 aliphatic heterocycles. The molecule has 1 amide bonds. The van der Waals surface area contributed by atoms with Gasteiger partial charge in [0, 0.05) is 17.2 Å². The van der Waals surface area contributed by atoms with Gasteiger partial charge in [-0.2, -0.15) is 0 Å². The largest absolute Gasteiger partial charge is 0.508 e. The highest BCUT2D eigenvalue weighted by Crippen LogP contribution is 2.19. The number of aromatic hydroxyl groups is 1. The second-order valence-corrected chi connectivity index (χ2v) is 3.81. The molecule has 0 spiro atoms. The Bertz CT molecular complexity index is 566. The van der Waals surface area contributed by atoms with Crippen molar-refractivity contribution in [2.75, 3.05) is 0 Å². The number of carbonyl (C=O) groups is 1. The Hall–Kier alpha value is -2.49. The first-order valence-corrected chi connectivity index (χ1v) is 5.46. The molecule has 0 radical (unpaired) electrons. The minimum absolute atomic E-state index is 0.135. The summed E-state index contributed by atoms with van der Waals surface area (Å²) in [5.41, 5.74) is 6.43. The Labute approximate surface area is 105 Å². The van der Waals surface area contributed by atoms with Gasteiger partial charge in [0.2, 0.25) is 5.91 Å². The smallest absolute Gasteiger partial charge is 0.249 e. The van der Waals surface area contributed by atoms with Crippen LogP contribution in [0.2, 0.25) is 0 Å². The van der Waals surface area contributed by atoms with Crippen LogP contribution in [0.15, 0.2) is 48.5 Å². The highest BCUT2D eigenvalue weighted by molar-refractivity contribution is 5.94. The summed E-state index contributed by atoms with van der Waals surface area (Å²) >= 11 is 0. The van der Waals surface area contributed by atoms with Crippen molar-refractivity contribution in [1.82, 2.24) is 0 Å². The Balaban J connectivity index is 2.13. The number of nitrogens with two attached hydrogens (primary N) is 1. The molecule has 18 heavy (non-hydrogen) atoms. The summed E-state index contributed by atoms with van der Waals surface area (Å²) in [4.78, 5) is 11.2. The lowest BCUT2D eigenvalue weighted by Crippen LogP contribution is -2.14. The summed E-state index contributed by atoms with van der Waals surface area (Å²) in [7, 11) is 0. The van der Waals surface area contributed by atoms with Crippen molar-refractivity contribution in [3.63, 3.8) is 0 Å². The number of carbonyl (C=O) groups excluding carboxylic acids is 1. The van der Waals surface area contributed by atoms with Gasteiger partial charge in [0.05, 0.1) is 0 Å². The second-order valence-electron chi connectivity index (χ2n) is 3.81. The van der Waals surface area contributed by atoms with E-state index in [0.717, 1.165) is 0 Å². The van der Waals surface area contributed by atoms with E-state index in [4.69, 9.17) is 10.5 Å². The molecule has 0 aromatic heterocycles. The quantitative estimate of drug-likeness (QED) is 0.863.